The van der Waals surface area contributed by atoms with E-state index in [1.165, 1.54) is 18.2 Å². The highest BCUT2D eigenvalue weighted by atomic mass is 32.2. The molecule has 0 saturated carbocycles. The molecule has 1 atom stereocenters. The molecule has 186 valence electrons. The zero-order valence-corrected chi connectivity index (χ0v) is 20.1. The lowest BCUT2D eigenvalue weighted by molar-refractivity contribution is 0.0782. The van der Waals surface area contributed by atoms with Gasteiger partial charge >= 0.3 is 0 Å². The number of aliphatic hydroxyl groups is 2. The van der Waals surface area contributed by atoms with Crippen LogP contribution in [-0.2, 0) is 6.54 Å². The highest BCUT2D eigenvalue weighted by Crippen LogP contribution is 2.31. The zero-order valence-electron chi connectivity index (χ0n) is 19.2. The van der Waals surface area contributed by atoms with Crippen LogP contribution in [0.15, 0.2) is 66.9 Å². The molecule has 1 unspecified atom stereocenters. The maximum Gasteiger partial charge on any atom is 0.152 e. The number of aromatic nitrogens is 3. The molecule has 1 aliphatic heterocycles. The number of hydrogen-bond donors (Lipinski definition) is 5. The molecule has 0 radical (unpaired) electrons. The van der Waals surface area contributed by atoms with Gasteiger partial charge in [0.25, 0.3) is 0 Å². The average Bonchev–Trinajstić information content (AvgIpc) is 3.33. The largest absolute Gasteiger partial charge is 0.394 e. The van der Waals surface area contributed by atoms with Gasteiger partial charge in [0.15, 0.2) is 5.82 Å². The Bertz CT molecular complexity index is 1370. The Balaban J connectivity index is 1.66. The molecule has 1 aromatic carbocycles. The lowest BCUT2D eigenvalue weighted by atomic mass is 9.97. The molecule has 0 aliphatic carbocycles. The number of benzene rings is 1. The van der Waals surface area contributed by atoms with Crippen LogP contribution in [0.1, 0.15) is 11.1 Å². The van der Waals surface area contributed by atoms with E-state index in [0.29, 0.717) is 28.1 Å². The van der Waals surface area contributed by atoms with E-state index in [2.05, 4.69) is 20.1 Å². The Morgan fingerprint density at radius 1 is 1.22 bits per heavy atom. The summed E-state index contributed by atoms with van der Waals surface area (Å²) in [6, 6.07) is 6.04. The van der Waals surface area contributed by atoms with Crippen LogP contribution in [0, 0.1) is 17.0 Å². The fourth-order valence-electron chi connectivity index (χ4n) is 3.70. The third-order valence-electron chi connectivity index (χ3n) is 5.37. The Morgan fingerprint density at radius 3 is 2.72 bits per heavy atom. The first-order chi connectivity index (χ1) is 17.4. The standard InChI is InChI=1S/C25H24F2N6O2S/c1-36-32-20-5-16(4-17(6-20)25-23(27)7-19(26)11-30-25)22(8-28)24-3-2-15(9-29-24)18-10-31-33(12-18)13-21(35)14-34/h2-12,21,28-29,32,34-35H,13-14H2,1H3/b24-22+,28-8?. The van der Waals surface area contributed by atoms with E-state index in [9.17, 15) is 13.9 Å². The fraction of sp³-hybridized carbons (Fsp3) is 0.160. The topological polar surface area (TPSA) is 119 Å². The second kappa shape index (κ2) is 11.3. The van der Waals surface area contributed by atoms with Crippen LogP contribution in [0.2, 0.25) is 0 Å². The molecule has 2 aromatic heterocycles. The molecule has 1 aliphatic rings. The van der Waals surface area contributed by atoms with Crippen LogP contribution in [0.5, 0.6) is 0 Å². The number of aliphatic hydroxyl groups excluding tert-OH is 2. The van der Waals surface area contributed by atoms with Gasteiger partial charge in [0.2, 0.25) is 0 Å². The molecular formula is C25H24F2N6O2S. The molecule has 3 heterocycles. The smallest absolute Gasteiger partial charge is 0.152 e. The normalized spacial score (nSPS) is 15.2. The van der Waals surface area contributed by atoms with Crippen molar-refractivity contribution in [2.75, 3.05) is 17.6 Å². The number of nitrogens with one attached hydrogen (secondary N) is 3. The number of anilines is 1. The minimum atomic E-state index is -0.892. The summed E-state index contributed by atoms with van der Waals surface area (Å²) in [6.07, 6.45) is 12.0. The maximum absolute atomic E-state index is 14.5. The van der Waals surface area contributed by atoms with E-state index in [1.807, 2.05) is 24.5 Å². The molecule has 0 saturated heterocycles. The first-order valence-electron chi connectivity index (χ1n) is 10.9. The first kappa shape index (κ1) is 25.3. The molecule has 11 heteroatoms. The van der Waals surface area contributed by atoms with E-state index in [0.717, 1.165) is 23.4 Å². The van der Waals surface area contributed by atoms with Crippen molar-refractivity contribution in [2.24, 2.45) is 0 Å². The van der Waals surface area contributed by atoms with Crippen LogP contribution < -0.4 is 10.0 Å². The minimum absolute atomic E-state index is 0.00869. The monoisotopic (exact) mass is 510 g/mol. The van der Waals surface area contributed by atoms with Gasteiger partial charge in [-0.3, -0.25) is 9.67 Å². The van der Waals surface area contributed by atoms with Gasteiger partial charge in [-0.15, -0.1) is 0 Å². The number of allylic oxidation sites excluding steroid dienone is 4. The van der Waals surface area contributed by atoms with Gasteiger partial charge < -0.3 is 25.7 Å². The van der Waals surface area contributed by atoms with Crippen LogP contribution in [-0.4, -0.2) is 50.2 Å². The van der Waals surface area contributed by atoms with Gasteiger partial charge in [0.05, 0.1) is 31.6 Å². The third-order valence-corrected chi connectivity index (χ3v) is 5.81. The van der Waals surface area contributed by atoms with Crippen molar-refractivity contribution < 1.29 is 19.0 Å². The first-order valence-corrected chi connectivity index (χ1v) is 12.1. The molecule has 0 bridgehead atoms. The lowest BCUT2D eigenvalue weighted by Gasteiger charge is -2.16. The number of halogens is 2. The summed E-state index contributed by atoms with van der Waals surface area (Å²) in [5.41, 5.74) is 4.61. The summed E-state index contributed by atoms with van der Waals surface area (Å²) >= 11 is 1.36. The summed E-state index contributed by atoms with van der Waals surface area (Å²) in [5, 5.41) is 34.1. The maximum atomic E-state index is 14.5. The Kier molecular flexibility index (Phi) is 7.93. The van der Waals surface area contributed by atoms with Gasteiger partial charge in [-0.05, 0) is 29.8 Å². The van der Waals surface area contributed by atoms with Crippen LogP contribution in [0.4, 0.5) is 14.5 Å². The van der Waals surface area contributed by atoms with E-state index in [4.69, 9.17) is 10.5 Å². The highest BCUT2D eigenvalue weighted by molar-refractivity contribution is 7.99. The Morgan fingerprint density at radius 2 is 2.06 bits per heavy atom. The predicted octanol–water partition coefficient (Wildman–Crippen LogP) is 3.83. The van der Waals surface area contributed by atoms with Crippen LogP contribution >= 0.6 is 11.9 Å². The summed E-state index contributed by atoms with van der Waals surface area (Å²) in [5.74, 6) is -1.53. The lowest BCUT2D eigenvalue weighted by Crippen LogP contribution is -2.19. The molecule has 36 heavy (non-hydrogen) atoms. The zero-order chi connectivity index (χ0) is 25.7. The molecule has 0 fully saturated rings. The van der Waals surface area contributed by atoms with Crippen molar-refractivity contribution >= 4 is 35.0 Å². The second-order valence-corrected chi connectivity index (χ2v) is 8.54. The minimum Gasteiger partial charge on any atom is -0.394 e. The Labute approximate surface area is 210 Å². The summed E-state index contributed by atoms with van der Waals surface area (Å²) < 4.78 is 32.5. The van der Waals surface area contributed by atoms with Gasteiger partial charge in [-0.25, -0.2) is 8.78 Å². The molecular weight excluding hydrogens is 486 g/mol. The average molecular weight is 511 g/mol. The van der Waals surface area contributed by atoms with Gasteiger partial charge in [0, 0.05) is 64.6 Å². The van der Waals surface area contributed by atoms with Crippen molar-refractivity contribution in [1.29, 1.82) is 5.41 Å². The number of pyridine rings is 1. The van der Waals surface area contributed by atoms with Gasteiger partial charge in [0.1, 0.15) is 11.5 Å². The number of rotatable bonds is 9. The van der Waals surface area contributed by atoms with Crippen molar-refractivity contribution in [3.05, 3.63) is 89.7 Å². The number of hydrogen-bond acceptors (Lipinski definition) is 8. The molecule has 0 spiro atoms. The van der Waals surface area contributed by atoms with Crippen molar-refractivity contribution in [1.82, 2.24) is 20.1 Å². The fourth-order valence-corrected chi connectivity index (χ4v) is 4.05. The SMILES string of the molecule is CSNc1cc(/C(C=N)=C2\C=CC(c3cnn(CC(O)CO)c3)=CN2)cc(-c2ncc(F)cc2F)c1. The quantitative estimate of drug-likeness (QED) is 0.219. The summed E-state index contributed by atoms with van der Waals surface area (Å²) in [7, 11) is 0. The van der Waals surface area contributed by atoms with Crippen molar-refractivity contribution in [2.45, 2.75) is 12.6 Å². The Hall–Kier alpha value is -3.80. The predicted molar refractivity (Wildman–Crippen MR) is 138 cm³/mol. The van der Waals surface area contributed by atoms with Crippen LogP contribution in [0.3, 0.4) is 0 Å². The molecule has 5 N–H and O–H groups in total. The second-order valence-electron chi connectivity index (χ2n) is 7.93. The number of nitrogens with zero attached hydrogens (tertiary/aromatic N) is 3. The van der Waals surface area contributed by atoms with E-state index in [-0.39, 0.29) is 18.8 Å². The van der Waals surface area contributed by atoms with Gasteiger partial charge in [-0.1, -0.05) is 18.0 Å². The van der Waals surface area contributed by atoms with E-state index in [1.54, 1.807) is 35.4 Å². The van der Waals surface area contributed by atoms with Crippen LogP contribution in [0.25, 0.3) is 22.4 Å². The van der Waals surface area contributed by atoms with E-state index >= 15 is 0 Å². The summed E-state index contributed by atoms with van der Waals surface area (Å²) in [6.45, 7) is -0.171. The highest BCUT2D eigenvalue weighted by Gasteiger charge is 2.15. The molecule has 0 amide bonds. The summed E-state index contributed by atoms with van der Waals surface area (Å²) in [4.78, 5) is 3.92. The molecule has 8 nitrogen and oxygen atoms in total. The van der Waals surface area contributed by atoms with Crippen molar-refractivity contribution in [3.8, 4) is 11.3 Å². The van der Waals surface area contributed by atoms with Gasteiger partial charge in [-0.2, -0.15) is 5.10 Å². The third kappa shape index (κ3) is 5.70. The molecule has 4 rings (SSSR count). The van der Waals surface area contributed by atoms with Crippen molar-refractivity contribution in [3.63, 3.8) is 0 Å². The van der Waals surface area contributed by atoms with E-state index < -0.39 is 17.7 Å². The molecule has 3 aromatic rings. The number of dihydropyridines is 1.